The number of nitrogens with one attached hydrogen (secondary N) is 1. The van der Waals surface area contributed by atoms with Crippen LogP contribution in [-0.2, 0) is 9.59 Å². The van der Waals surface area contributed by atoms with Gasteiger partial charge in [0, 0.05) is 16.7 Å². The minimum atomic E-state index is -0.632. The molecule has 1 saturated heterocycles. The van der Waals surface area contributed by atoms with Crippen LogP contribution in [0.25, 0.3) is 6.08 Å². The van der Waals surface area contributed by atoms with Crippen LogP contribution < -0.4 is 15.2 Å². The summed E-state index contributed by atoms with van der Waals surface area (Å²) in [6, 6.07) is 11.1. The Morgan fingerprint density at radius 1 is 1.21 bits per heavy atom. The molecule has 9 heteroatoms. The minimum absolute atomic E-state index is 0.0596. The molecule has 0 saturated carbocycles. The number of carbonyl (C=O) groups is 2. The fourth-order valence-corrected chi connectivity index (χ4v) is 2.90. The zero-order valence-electron chi connectivity index (χ0n) is 15.0. The van der Waals surface area contributed by atoms with Gasteiger partial charge < -0.3 is 4.74 Å². The first kappa shape index (κ1) is 19.4. The van der Waals surface area contributed by atoms with Crippen molar-refractivity contribution in [3.8, 4) is 5.75 Å². The first-order valence-electron chi connectivity index (χ1n) is 8.34. The lowest BCUT2D eigenvalue weighted by Gasteiger charge is -2.14. The van der Waals surface area contributed by atoms with E-state index in [0.717, 1.165) is 11.1 Å². The molecule has 1 fully saturated rings. The highest BCUT2D eigenvalue weighted by atomic mass is 35.5. The molecule has 0 unspecified atom stereocenters. The van der Waals surface area contributed by atoms with Gasteiger partial charge >= 0.3 is 5.69 Å². The van der Waals surface area contributed by atoms with Crippen molar-refractivity contribution in [1.82, 2.24) is 5.43 Å². The second-order valence-electron chi connectivity index (χ2n) is 6.24. The predicted molar refractivity (Wildman–Crippen MR) is 104 cm³/mol. The summed E-state index contributed by atoms with van der Waals surface area (Å²) < 4.78 is 5.58. The number of hydrazine groups is 1. The molecule has 1 N–H and O–H groups in total. The molecule has 28 heavy (non-hydrogen) atoms. The van der Waals surface area contributed by atoms with E-state index in [0.29, 0.717) is 5.69 Å². The van der Waals surface area contributed by atoms with E-state index in [1.807, 2.05) is 0 Å². The number of carbonyl (C=O) groups excluding carboxylic acids is 2. The molecule has 2 aromatic carbocycles. The number of amides is 2. The molecule has 1 heterocycles. The summed E-state index contributed by atoms with van der Waals surface area (Å²) in [7, 11) is 0. The van der Waals surface area contributed by atoms with Gasteiger partial charge in [-0.3, -0.25) is 25.1 Å². The van der Waals surface area contributed by atoms with E-state index < -0.39 is 16.7 Å². The molecular formula is C19H16ClN3O5. The Morgan fingerprint density at radius 3 is 2.50 bits per heavy atom. The largest absolute Gasteiger partial charge is 0.484 e. The SMILES string of the molecule is CC(C)Oc1c(/C=C2/C(=O)NN(c3ccccc3)C2=O)cc(Cl)cc1[N+](=O)[O-]. The number of rotatable bonds is 5. The average Bonchev–Trinajstić information content (AvgIpc) is 2.92. The summed E-state index contributed by atoms with van der Waals surface area (Å²) in [6.07, 6.45) is 0.878. The van der Waals surface area contributed by atoms with Gasteiger partial charge in [0.2, 0.25) is 5.75 Å². The Hall–Kier alpha value is -3.39. The van der Waals surface area contributed by atoms with Crippen LogP contribution in [0.4, 0.5) is 11.4 Å². The van der Waals surface area contributed by atoms with Gasteiger partial charge in [-0.25, -0.2) is 5.01 Å². The Kier molecular flexibility index (Phi) is 5.32. The molecule has 0 bridgehead atoms. The lowest BCUT2D eigenvalue weighted by Crippen LogP contribution is -2.35. The first-order chi connectivity index (χ1) is 13.3. The van der Waals surface area contributed by atoms with Crippen LogP contribution >= 0.6 is 11.6 Å². The fourth-order valence-electron chi connectivity index (χ4n) is 2.68. The standard InChI is InChI=1S/C19H16ClN3O5/c1-11(2)28-17-12(8-13(20)10-16(17)23(26)27)9-15-18(24)21-22(19(15)25)14-6-4-3-5-7-14/h3-11H,1-2H3,(H,21,24)/b15-9-. The number of hydrogen-bond acceptors (Lipinski definition) is 5. The van der Waals surface area contributed by atoms with Crippen LogP contribution in [-0.4, -0.2) is 22.8 Å². The monoisotopic (exact) mass is 401 g/mol. The maximum atomic E-state index is 12.7. The molecule has 0 aromatic heterocycles. The summed E-state index contributed by atoms with van der Waals surface area (Å²) in [5.41, 5.74) is 2.59. The van der Waals surface area contributed by atoms with Crippen molar-refractivity contribution in [3.05, 3.63) is 68.7 Å². The predicted octanol–water partition coefficient (Wildman–Crippen LogP) is 3.50. The van der Waals surface area contributed by atoms with Crippen LogP contribution in [0, 0.1) is 10.1 Å². The molecule has 3 rings (SSSR count). The topological polar surface area (TPSA) is 102 Å². The molecule has 0 radical (unpaired) electrons. The van der Waals surface area contributed by atoms with E-state index in [9.17, 15) is 19.7 Å². The maximum Gasteiger partial charge on any atom is 0.313 e. The Balaban J connectivity index is 2.09. The van der Waals surface area contributed by atoms with Gasteiger partial charge in [0.05, 0.1) is 16.7 Å². The van der Waals surface area contributed by atoms with E-state index in [1.54, 1.807) is 44.2 Å². The summed E-state index contributed by atoms with van der Waals surface area (Å²) in [4.78, 5) is 35.9. The number of ether oxygens (including phenoxy) is 1. The van der Waals surface area contributed by atoms with Crippen LogP contribution in [0.15, 0.2) is 48.0 Å². The summed E-state index contributed by atoms with van der Waals surface area (Å²) in [5.74, 6) is -1.28. The van der Waals surface area contributed by atoms with Crippen LogP contribution in [0.2, 0.25) is 5.02 Å². The third-order valence-corrected chi connectivity index (χ3v) is 4.04. The molecule has 1 aliphatic heterocycles. The number of benzene rings is 2. The molecule has 0 aliphatic carbocycles. The zero-order chi connectivity index (χ0) is 20.4. The summed E-state index contributed by atoms with van der Waals surface area (Å²) in [6.45, 7) is 3.42. The Labute approximate surface area is 165 Å². The number of nitro benzene ring substituents is 1. The molecule has 0 spiro atoms. The second kappa shape index (κ2) is 7.69. The molecule has 8 nitrogen and oxygen atoms in total. The van der Waals surface area contributed by atoms with Crippen molar-refractivity contribution in [2.75, 3.05) is 5.01 Å². The van der Waals surface area contributed by atoms with Gasteiger partial charge in [0.1, 0.15) is 5.57 Å². The molecule has 1 aliphatic rings. The Morgan fingerprint density at radius 2 is 1.89 bits per heavy atom. The van der Waals surface area contributed by atoms with Gasteiger partial charge in [-0.2, -0.15) is 0 Å². The lowest BCUT2D eigenvalue weighted by molar-refractivity contribution is -0.386. The number of para-hydroxylation sites is 1. The highest BCUT2D eigenvalue weighted by Crippen LogP contribution is 2.37. The van der Waals surface area contributed by atoms with E-state index in [-0.39, 0.29) is 33.7 Å². The molecule has 2 amide bonds. The van der Waals surface area contributed by atoms with Crippen LogP contribution in [0.1, 0.15) is 19.4 Å². The number of nitro groups is 1. The van der Waals surface area contributed by atoms with Crippen molar-refractivity contribution in [2.24, 2.45) is 0 Å². The number of halogens is 1. The molecule has 144 valence electrons. The van der Waals surface area contributed by atoms with Crippen molar-refractivity contribution in [3.63, 3.8) is 0 Å². The minimum Gasteiger partial charge on any atom is -0.484 e. The van der Waals surface area contributed by atoms with Gasteiger partial charge in [-0.1, -0.05) is 29.8 Å². The summed E-state index contributed by atoms with van der Waals surface area (Å²) in [5, 5.41) is 12.6. The fraction of sp³-hybridized carbons (Fsp3) is 0.158. The summed E-state index contributed by atoms with van der Waals surface area (Å²) >= 11 is 6.00. The van der Waals surface area contributed by atoms with E-state index >= 15 is 0 Å². The molecule has 2 aromatic rings. The van der Waals surface area contributed by atoms with Crippen molar-refractivity contribution in [2.45, 2.75) is 20.0 Å². The van der Waals surface area contributed by atoms with E-state index in [2.05, 4.69) is 5.43 Å². The highest BCUT2D eigenvalue weighted by molar-refractivity contribution is 6.32. The van der Waals surface area contributed by atoms with Crippen molar-refractivity contribution in [1.29, 1.82) is 0 Å². The number of nitrogens with zero attached hydrogens (tertiary/aromatic N) is 2. The van der Waals surface area contributed by atoms with Gasteiger partial charge in [-0.05, 0) is 38.1 Å². The molecule has 0 atom stereocenters. The van der Waals surface area contributed by atoms with Gasteiger partial charge in [0.25, 0.3) is 11.8 Å². The molecular weight excluding hydrogens is 386 g/mol. The van der Waals surface area contributed by atoms with Gasteiger partial charge in [-0.15, -0.1) is 0 Å². The third kappa shape index (κ3) is 3.81. The Bertz CT molecular complexity index is 989. The smallest absolute Gasteiger partial charge is 0.313 e. The number of anilines is 1. The normalized spacial score (nSPS) is 15.3. The number of hydrogen-bond donors (Lipinski definition) is 1. The highest BCUT2D eigenvalue weighted by Gasteiger charge is 2.35. The lowest BCUT2D eigenvalue weighted by atomic mass is 10.1. The quantitative estimate of drug-likeness (QED) is 0.357. The average molecular weight is 402 g/mol. The van der Waals surface area contributed by atoms with Crippen molar-refractivity contribution >= 4 is 40.9 Å². The zero-order valence-corrected chi connectivity index (χ0v) is 15.8. The second-order valence-corrected chi connectivity index (χ2v) is 6.68. The van der Waals surface area contributed by atoms with Crippen LogP contribution in [0.3, 0.4) is 0 Å². The third-order valence-electron chi connectivity index (χ3n) is 3.82. The van der Waals surface area contributed by atoms with Gasteiger partial charge in [0.15, 0.2) is 0 Å². The first-order valence-corrected chi connectivity index (χ1v) is 8.72. The maximum absolute atomic E-state index is 12.7. The van der Waals surface area contributed by atoms with E-state index in [1.165, 1.54) is 12.1 Å². The van der Waals surface area contributed by atoms with E-state index in [4.69, 9.17) is 16.3 Å². The van der Waals surface area contributed by atoms with Crippen LogP contribution in [0.5, 0.6) is 5.75 Å². The van der Waals surface area contributed by atoms with Crippen molar-refractivity contribution < 1.29 is 19.2 Å².